The van der Waals surface area contributed by atoms with Crippen LogP contribution < -0.4 is 4.72 Å². The van der Waals surface area contributed by atoms with Crippen LogP contribution in [0, 0.1) is 5.82 Å². The monoisotopic (exact) mass is 442 g/mol. The van der Waals surface area contributed by atoms with Gasteiger partial charge in [0.15, 0.2) is 5.15 Å². The number of benzene rings is 1. The Hall–Kier alpha value is -0.700. The molecule has 0 saturated carbocycles. The predicted octanol–water partition coefficient (Wildman–Crippen LogP) is 4.20. The van der Waals surface area contributed by atoms with Gasteiger partial charge in [0.05, 0.1) is 5.69 Å². The van der Waals surface area contributed by atoms with Crippen molar-refractivity contribution >= 4 is 59.2 Å². The molecule has 4 nitrogen and oxygen atoms in total. The first-order chi connectivity index (χ1) is 9.29. The van der Waals surface area contributed by atoms with E-state index in [1.54, 1.807) is 0 Å². The molecule has 0 bridgehead atoms. The van der Waals surface area contributed by atoms with Gasteiger partial charge in [-0.1, -0.05) is 11.6 Å². The summed E-state index contributed by atoms with van der Waals surface area (Å²) >= 11 is 12.0. The topological polar surface area (TPSA) is 59.1 Å². The van der Waals surface area contributed by atoms with Crippen molar-refractivity contribution in [2.45, 2.75) is 4.90 Å². The molecule has 2 rings (SSSR count). The largest absolute Gasteiger partial charge is 0.276 e. The van der Waals surface area contributed by atoms with Crippen LogP contribution in [0.3, 0.4) is 0 Å². The van der Waals surface area contributed by atoms with Gasteiger partial charge in [-0.05, 0) is 56.1 Å². The van der Waals surface area contributed by atoms with Crippen LogP contribution >= 0.6 is 43.5 Å². The third-order valence-electron chi connectivity index (χ3n) is 2.23. The maximum atomic E-state index is 13.0. The molecule has 0 unspecified atom stereocenters. The highest BCUT2D eigenvalue weighted by atomic mass is 79.9. The molecule has 1 aromatic heterocycles. The summed E-state index contributed by atoms with van der Waals surface area (Å²) in [5.41, 5.74) is 0.122. The van der Waals surface area contributed by atoms with Crippen LogP contribution in [0.5, 0.6) is 0 Å². The first-order valence-electron chi connectivity index (χ1n) is 5.08. The Morgan fingerprint density at radius 3 is 2.60 bits per heavy atom. The summed E-state index contributed by atoms with van der Waals surface area (Å²) in [5.74, 6) is -0.544. The SMILES string of the molecule is O=S(=O)(Nc1cc(Br)cnc1Cl)c1ccc(F)cc1Br. The molecule has 0 atom stereocenters. The number of anilines is 1. The summed E-state index contributed by atoms with van der Waals surface area (Å²) in [6.07, 6.45) is 1.44. The van der Waals surface area contributed by atoms with Gasteiger partial charge in [0.25, 0.3) is 10.0 Å². The van der Waals surface area contributed by atoms with E-state index in [-0.39, 0.29) is 20.2 Å². The van der Waals surface area contributed by atoms with Gasteiger partial charge in [-0.2, -0.15) is 0 Å². The quantitative estimate of drug-likeness (QED) is 0.722. The van der Waals surface area contributed by atoms with Gasteiger partial charge in [0.2, 0.25) is 0 Å². The minimum absolute atomic E-state index is 0.00927. The molecule has 0 saturated heterocycles. The Kier molecular flexibility index (Phi) is 4.68. The molecule has 20 heavy (non-hydrogen) atoms. The fourth-order valence-corrected chi connectivity index (χ4v) is 4.03. The number of nitrogens with one attached hydrogen (secondary N) is 1. The highest BCUT2D eigenvalue weighted by Crippen LogP contribution is 2.28. The predicted molar refractivity (Wildman–Crippen MR) is 81.9 cm³/mol. The first kappa shape index (κ1) is 15.7. The molecule has 1 N–H and O–H groups in total. The molecule has 0 fully saturated rings. The molecule has 0 aliphatic rings. The average molecular weight is 445 g/mol. The summed E-state index contributed by atoms with van der Waals surface area (Å²) in [4.78, 5) is 3.71. The zero-order chi connectivity index (χ0) is 14.9. The fraction of sp³-hybridized carbons (Fsp3) is 0. The third-order valence-corrected chi connectivity index (χ3v) is 5.31. The Labute approximate surface area is 136 Å². The van der Waals surface area contributed by atoms with Crippen LogP contribution in [-0.2, 0) is 10.0 Å². The lowest BCUT2D eigenvalue weighted by Gasteiger charge is -2.10. The smallest absolute Gasteiger partial charge is 0.263 e. The van der Waals surface area contributed by atoms with Gasteiger partial charge >= 0.3 is 0 Å². The van der Waals surface area contributed by atoms with Crippen molar-refractivity contribution in [3.05, 3.63) is 50.4 Å². The summed E-state index contributed by atoms with van der Waals surface area (Å²) in [5, 5.41) is 0.00927. The minimum Gasteiger partial charge on any atom is -0.276 e. The maximum Gasteiger partial charge on any atom is 0.263 e. The van der Waals surface area contributed by atoms with Crippen LogP contribution in [0.25, 0.3) is 0 Å². The minimum atomic E-state index is -3.91. The average Bonchev–Trinajstić information content (AvgIpc) is 2.33. The van der Waals surface area contributed by atoms with E-state index in [0.717, 1.165) is 18.2 Å². The van der Waals surface area contributed by atoms with Gasteiger partial charge < -0.3 is 0 Å². The summed E-state index contributed by atoms with van der Waals surface area (Å²) in [6.45, 7) is 0. The fourth-order valence-electron chi connectivity index (χ4n) is 1.39. The summed E-state index contributed by atoms with van der Waals surface area (Å²) in [6, 6.07) is 4.75. The zero-order valence-corrected chi connectivity index (χ0v) is 14.3. The van der Waals surface area contributed by atoms with E-state index in [1.807, 2.05) is 0 Å². The second kappa shape index (κ2) is 5.97. The Balaban J connectivity index is 2.43. The van der Waals surface area contributed by atoms with Crippen molar-refractivity contribution in [2.75, 3.05) is 4.72 Å². The van der Waals surface area contributed by atoms with Crippen molar-refractivity contribution in [1.29, 1.82) is 0 Å². The van der Waals surface area contributed by atoms with E-state index in [0.29, 0.717) is 4.47 Å². The molecule has 0 aliphatic heterocycles. The lowest BCUT2D eigenvalue weighted by molar-refractivity contribution is 0.599. The number of halogens is 4. The Morgan fingerprint density at radius 1 is 1.25 bits per heavy atom. The lowest BCUT2D eigenvalue weighted by Crippen LogP contribution is -2.14. The molecule has 106 valence electrons. The van der Waals surface area contributed by atoms with Gasteiger partial charge in [-0.15, -0.1) is 0 Å². The third kappa shape index (κ3) is 3.49. The van der Waals surface area contributed by atoms with Crippen molar-refractivity contribution in [2.24, 2.45) is 0 Å². The summed E-state index contributed by atoms with van der Waals surface area (Å²) < 4.78 is 40.4. The molecule has 2 aromatic rings. The lowest BCUT2D eigenvalue weighted by atomic mass is 10.3. The molecule has 0 amide bonds. The van der Waals surface area contributed by atoms with Crippen molar-refractivity contribution in [1.82, 2.24) is 4.98 Å². The van der Waals surface area contributed by atoms with Gasteiger partial charge in [0, 0.05) is 15.1 Å². The van der Waals surface area contributed by atoms with Crippen LogP contribution in [0.15, 0.2) is 44.3 Å². The number of rotatable bonds is 3. The van der Waals surface area contributed by atoms with E-state index >= 15 is 0 Å². The van der Waals surface area contributed by atoms with Gasteiger partial charge in [-0.3, -0.25) is 4.72 Å². The number of hydrogen-bond acceptors (Lipinski definition) is 3. The Bertz CT molecular complexity index is 771. The van der Waals surface area contributed by atoms with Gasteiger partial charge in [0.1, 0.15) is 10.7 Å². The molecular weight excluding hydrogens is 438 g/mol. The highest BCUT2D eigenvalue weighted by Gasteiger charge is 2.19. The number of aromatic nitrogens is 1. The van der Waals surface area contributed by atoms with E-state index in [9.17, 15) is 12.8 Å². The van der Waals surface area contributed by atoms with Crippen LogP contribution in [-0.4, -0.2) is 13.4 Å². The molecular formula is C11H6Br2ClFN2O2S. The summed E-state index contributed by atoms with van der Waals surface area (Å²) in [7, 11) is -3.91. The van der Waals surface area contributed by atoms with Crippen LogP contribution in [0.4, 0.5) is 10.1 Å². The number of sulfonamides is 1. The first-order valence-corrected chi connectivity index (χ1v) is 8.53. The number of nitrogens with zero attached hydrogens (tertiary/aromatic N) is 1. The van der Waals surface area contributed by atoms with Crippen molar-refractivity contribution in [3.8, 4) is 0 Å². The van der Waals surface area contributed by atoms with Crippen LogP contribution in [0.2, 0.25) is 5.15 Å². The molecule has 0 aliphatic carbocycles. The maximum absolute atomic E-state index is 13.0. The Morgan fingerprint density at radius 2 is 1.95 bits per heavy atom. The zero-order valence-electron chi connectivity index (χ0n) is 9.57. The molecule has 1 heterocycles. The van der Waals surface area contributed by atoms with Crippen molar-refractivity contribution in [3.63, 3.8) is 0 Å². The standard InChI is InChI=1S/C11H6Br2ClFN2O2S/c12-6-3-9(11(14)16-5-6)17-20(18,19)10-2-1-7(15)4-8(10)13/h1-5,17H. The van der Waals surface area contributed by atoms with E-state index in [4.69, 9.17) is 11.6 Å². The normalized spacial score (nSPS) is 11.4. The van der Waals surface area contributed by atoms with E-state index in [1.165, 1.54) is 12.3 Å². The van der Waals surface area contributed by atoms with E-state index in [2.05, 4.69) is 41.6 Å². The highest BCUT2D eigenvalue weighted by molar-refractivity contribution is 9.10. The number of hydrogen-bond donors (Lipinski definition) is 1. The number of pyridine rings is 1. The van der Waals surface area contributed by atoms with Crippen LogP contribution in [0.1, 0.15) is 0 Å². The molecule has 0 radical (unpaired) electrons. The van der Waals surface area contributed by atoms with E-state index < -0.39 is 15.8 Å². The second-order valence-corrected chi connectivity index (χ2v) is 7.45. The molecule has 0 spiro atoms. The van der Waals surface area contributed by atoms with Crippen molar-refractivity contribution < 1.29 is 12.8 Å². The molecule has 9 heteroatoms. The van der Waals surface area contributed by atoms with Gasteiger partial charge in [-0.25, -0.2) is 17.8 Å². The second-order valence-electron chi connectivity index (χ2n) is 3.67. The molecule has 1 aromatic carbocycles.